The minimum atomic E-state index is -0.133. The van der Waals surface area contributed by atoms with Gasteiger partial charge >= 0.3 is 0 Å². The summed E-state index contributed by atoms with van der Waals surface area (Å²) in [7, 11) is 0. The van der Waals surface area contributed by atoms with E-state index in [2.05, 4.69) is 24.1 Å². The lowest BCUT2D eigenvalue weighted by atomic mass is 10.1. The number of rotatable bonds is 5. The van der Waals surface area contributed by atoms with Crippen molar-refractivity contribution in [2.24, 2.45) is 5.92 Å². The molecule has 2 aromatic rings. The molecule has 1 saturated heterocycles. The second-order valence-corrected chi connectivity index (χ2v) is 7.44. The molecule has 5 nitrogen and oxygen atoms in total. The number of anilines is 1. The molecule has 1 unspecified atom stereocenters. The van der Waals surface area contributed by atoms with Gasteiger partial charge in [-0.3, -0.25) is 4.79 Å². The molecule has 2 aromatic heterocycles. The van der Waals surface area contributed by atoms with Crippen molar-refractivity contribution in [3.05, 3.63) is 22.7 Å². The van der Waals surface area contributed by atoms with Gasteiger partial charge in [0.25, 0.3) is 5.91 Å². The number of pyridine rings is 1. The molecule has 1 amide bonds. The van der Waals surface area contributed by atoms with Gasteiger partial charge in [-0.1, -0.05) is 13.8 Å². The summed E-state index contributed by atoms with van der Waals surface area (Å²) in [6.07, 6.45) is 3.12. The highest BCUT2D eigenvalue weighted by molar-refractivity contribution is 7.21. The first-order valence-corrected chi connectivity index (χ1v) is 8.94. The highest BCUT2D eigenvalue weighted by atomic mass is 32.1. The van der Waals surface area contributed by atoms with Gasteiger partial charge in [-0.05, 0) is 37.3 Å². The molecule has 3 rings (SSSR count). The molecule has 3 heterocycles. The number of amides is 1. The van der Waals surface area contributed by atoms with Crippen LogP contribution in [-0.4, -0.2) is 30.1 Å². The number of hydrogen-bond acceptors (Lipinski definition) is 5. The highest BCUT2D eigenvalue weighted by Crippen LogP contribution is 2.32. The van der Waals surface area contributed by atoms with Gasteiger partial charge in [-0.15, -0.1) is 11.3 Å². The van der Waals surface area contributed by atoms with Crippen molar-refractivity contribution in [1.82, 2.24) is 10.3 Å². The van der Waals surface area contributed by atoms with E-state index in [-0.39, 0.29) is 12.0 Å². The number of hydrogen-bond donors (Lipinski definition) is 2. The summed E-state index contributed by atoms with van der Waals surface area (Å²) in [6.45, 7) is 5.66. The van der Waals surface area contributed by atoms with Crippen molar-refractivity contribution in [2.45, 2.75) is 39.2 Å². The lowest BCUT2D eigenvalue weighted by molar-refractivity contribution is 0.0862. The molecule has 3 N–H and O–H groups in total. The van der Waals surface area contributed by atoms with E-state index in [1.165, 1.54) is 11.3 Å². The number of nitrogens with one attached hydrogen (secondary N) is 1. The fraction of sp³-hybridized carbons (Fsp3) is 0.529. The molecule has 0 aromatic carbocycles. The molecule has 1 aliphatic rings. The van der Waals surface area contributed by atoms with Gasteiger partial charge in [0, 0.05) is 24.2 Å². The molecule has 6 heteroatoms. The third-order valence-corrected chi connectivity index (χ3v) is 5.10. The van der Waals surface area contributed by atoms with Gasteiger partial charge in [-0.2, -0.15) is 0 Å². The molecule has 23 heavy (non-hydrogen) atoms. The molecule has 0 aliphatic carbocycles. The fourth-order valence-corrected chi connectivity index (χ4v) is 3.86. The predicted molar refractivity (Wildman–Crippen MR) is 93.9 cm³/mol. The van der Waals surface area contributed by atoms with Crippen LogP contribution in [0.15, 0.2) is 12.1 Å². The van der Waals surface area contributed by atoms with E-state index in [0.29, 0.717) is 23.0 Å². The quantitative estimate of drug-likeness (QED) is 0.882. The molecule has 0 spiro atoms. The van der Waals surface area contributed by atoms with E-state index in [9.17, 15) is 4.79 Å². The van der Waals surface area contributed by atoms with Crippen molar-refractivity contribution in [1.29, 1.82) is 0 Å². The molecule has 1 aliphatic heterocycles. The summed E-state index contributed by atoms with van der Waals surface area (Å²) in [5.41, 5.74) is 7.72. The van der Waals surface area contributed by atoms with Gasteiger partial charge in [0.1, 0.15) is 9.71 Å². The maximum absolute atomic E-state index is 12.4. The first-order valence-electron chi connectivity index (χ1n) is 8.12. The van der Waals surface area contributed by atoms with E-state index < -0.39 is 0 Å². The molecular weight excluding hydrogens is 310 g/mol. The number of thiophene rings is 1. The Kier molecular flexibility index (Phi) is 4.82. The summed E-state index contributed by atoms with van der Waals surface area (Å²) in [5.74, 6) is 0.415. The largest absolute Gasteiger partial charge is 0.397 e. The van der Waals surface area contributed by atoms with Crippen LogP contribution >= 0.6 is 11.3 Å². The summed E-state index contributed by atoms with van der Waals surface area (Å²) in [6, 6.07) is 3.97. The number of ether oxygens (including phenoxy) is 1. The van der Waals surface area contributed by atoms with Crippen molar-refractivity contribution in [3.63, 3.8) is 0 Å². The van der Waals surface area contributed by atoms with Crippen LogP contribution < -0.4 is 11.1 Å². The SMILES string of the molecule is CC(C)Cc1ccc2c(N)c(C(=O)NCC3CCCO3)sc2n1. The molecule has 124 valence electrons. The van der Waals surface area contributed by atoms with E-state index in [1.807, 2.05) is 12.1 Å². The Morgan fingerprint density at radius 1 is 1.52 bits per heavy atom. The number of nitrogen functional groups attached to an aromatic ring is 1. The van der Waals surface area contributed by atoms with Crippen LogP contribution in [0.25, 0.3) is 10.2 Å². The molecule has 1 fully saturated rings. The standard InChI is InChI=1S/C17H23N3O2S/c1-10(2)8-11-5-6-13-14(18)15(23-17(13)20-11)16(21)19-9-12-4-3-7-22-12/h5-6,10,12H,3-4,7-9,18H2,1-2H3,(H,19,21). The first-order chi connectivity index (χ1) is 11.0. The van der Waals surface area contributed by atoms with Crippen molar-refractivity contribution >= 4 is 33.1 Å². The van der Waals surface area contributed by atoms with Crippen molar-refractivity contribution < 1.29 is 9.53 Å². The lowest BCUT2D eigenvalue weighted by Gasteiger charge is -2.10. The second-order valence-electron chi connectivity index (χ2n) is 6.44. The normalized spacial score (nSPS) is 18.0. The second kappa shape index (κ2) is 6.84. The van der Waals surface area contributed by atoms with Crippen LogP contribution in [-0.2, 0) is 11.2 Å². The van der Waals surface area contributed by atoms with Crippen LogP contribution in [0.5, 0.6) is 0 Å². The molecule has 1 atom stereocenters. The number of nitrogens with zero attached hydrogens (tertiary/aromatic N) is 1. The number of nitrogens with two attached hydrogens (primary N) is 1. The van der Waals surface area contributed by atoms with Gasteiger partial charge in [0.2, 0.25) is 0 Å². The monoisotopic (exact) mass is 333 g/mol. The zero-order valence-electron chi connectivity index (χ0n) is 13.6. The Hall–Kier alpha value is -1.66. The average molecular weight is 333 g/mol. The van der Waals surface area contributed by atoms with E-state index in [1.54, 1.807) is 0 Å². The Balaban J connectivity index is 1.77. The van der Waals surface area contributed by atoms with Crippen LogP contribution in [0.2, 0.25) is 0 Å². The fourth-order valence-electron chi connectivity index (χ4n) is 2.83. The zero-order chi connectivity index (χ0) is 16.4. The van der Waals surface area contributed by atoms with Gasteiger partial charge < -0.3 is 15.8 Å². The summed E-state index contributed by atoms with van der Waals surface area (Å²) in [5, 5.41) is 3.79. The van der Waals surface area contributed by atoms with Crippen molar-refractivity contribution in [2.75, 3.05) is 18.9 Å². The van der Waals surface area contributed by atoms with Crippen LogP contribution in [0.4, 0.5) is 5.69 Å². The van der Waals surface area contributed by atoms with E-state index in [4.69, 9.17) is 10.5 Å². The maximum atomic E-state index is 12.4. The highest BCUT2D eigenvalue weighted by Gasteiger charge is 2.20. The topological polar surface area (TPSA) is 77.2 Å². The summed E-state index contributed by atoms with van der Waals surface area (Å²) >= 11 is 1.37. The lowest BCUT2D eigenvalue weighted by Crippen LogP contribution is -2.31. The smallest absolute Gasteiger partial charge is 0.263 e. The van der Waals surface area contributed by atoms with Crippen LogP contribution in [0, 0.1) is 5.92 Å². The molecular formula is C17H23N3O2S. The Bertz CT molecular complexity index is 705. The summed E-state index contributed by atoms with van der Waals surface area (Å²) < 4.78 is 5.53. The third kappa shape index (κ3) is 3.64. The molecule has 0 radical (unpaired) electrons. The molecule has 0 bridgehead atoms. The van der Waals surface area contributed by atoms with Gasteiger partial charge in [0.05, 0.1) is 11.8 Å². The minimum absolute atomic E-state index is 0.130. The van der Waals surface area contributed by atoms with Gasteiger partial charge in [0.15, 0.2) is 0 Å². The van der Waals surface area contributed by atoms with E-state index >= 15 is 0 Å². The number of carbonyl (C=O) groups excluding carboxylic acids is 1. The maximum Gasteiger partial charge on any atom is 0.263 e. The zero-order valence-corrected chi connectivity index (χ0v) is 14.4. The summed E-state index contributed by atoms with van der Waals surface area (Å²) in [4.78, 5) is 18.4. The third-order valence-electron chi connectivity index (χ3n) is 3.99. The minimum Gasteiger partial charge on any atom is -0.397 e. The predicted octanol–water partition coefficient (Wildman–Crippen LogP) is 2.99. The Morgan fingerprint density at radius 2 is 2.35 bits per heavy atom. The van der Waals surface area contributed by atoms with Crippen LogP contribution in [0.3, 0.4) is 0 Å². The number of carbonyl (C=O) groups is 1. The number of fused-ring (bicyclic) bond motifs is 1. The van der Waals surface area contributed by atoms with E-state index in [0.717, 1.165) is 41.8 Å². The van der Waals surface area contributed by atoms with Crippen molar-refractivity contribution in [3.8, 4) is 0 Å². The first kappa shape index (κ1) is 16.2. The number of aromatic nitrogens is 1. The molecule has 0 saturated carbocycles. The van der Waals surface area contributed by atoms with Gasteiger partial charge in [-0.25, -0.2) is 4.98 Å². The Labute approximate surface area is 140 Å². The Morgan fingerprint density at radius 3 is 3.04 bits per heavy atom. The van der Waals surface area contributed by atoms with Crippen LogP contribution in [0.1, 0.15) is 42.1 Å². The average Bonchev–Trinajstić information content (AvgIpc) is 3.12.